The van der Waals surface area contributed by atoms with Gasteiger partial charge in [-0.2, -0.15) is 0 Å². The normalized spacial score (nSPS) is 13.2. The van der Waals surface area contributed by atoms with Crippen LogP contribution in [0.5, 0.6) is 0 Å². The molecule has 2 aromatic carbocycles. The summed E-state index contributed by atoms with van der Waals surface area (Å²) in [5.74, 6) is -1.44. The molecule has 0 radical (unpaired) electrons. The van der Waals surface area contributed by atoms with Gasteiger partial charge in [0.1, 0.15) is 5.69 Å². The van der Waals surface area contributed by atoms with Crippen molar-refractivity contribution in [3.8, 4) is 0 Å². The van der Waals surface area contributed by atoms with Crippen LogP contribution in [0.15, 0.2) is 36.4 Å². The number of carboxylic acid groups (broad SMARTS) is 1. The first-order chi connectivity index (χ1) is 11.9. The Bertz CT molecular complexity index is 860. The average molecular weight is 343 g/mol. The van der Waals surface area contributed by atoms with E-state index in [0.717, 1.165) is 23.3 Å². The molecule has 1 heterocycles. The number of non-ortho nitro benzene ring substituents is 1. The molecule has 2 aromatic rings. The second kappa shape index (κ2) is 6.19. The van der Waals surface area contributed by atoms with Gasteiger partial charge < -0.3 is 10.0 Å². The number of hydrogen-bond donors (Lipinski definition) is 1. The first-order valence-electron chi connectivity index (χ1n) is 7.40. The monoisotopic (exact) mass is 343 g/mol. The van der Waals surface area contributed by atoms with Gasteiger partial charge in [0, 0.05) is 19.2 Å². The Kier molecular flexibility index (Phi) is 4.05. The van der Waals surface area contributed by atoms with Crippen LogP contribution in [-0.2, 0) is 13.0 Å². The van der Waals surface area contributed by atoms with E-state index in [0.29, 0.717) is 19.5 Å². The van der Waals surface area contributed by atoms with Crippen LogP contribution in [-0.4, -0.2) is 27.5 Å². The fourth-order valence-corrected chi connectivity index (χ4v) is 3.03. The van der Waals surface area contributed by atoms with Crippen molar-refractivity contribution >= 4 is 23.0 Å². The van der Waals surface area contributed by atoms with Crippen molar-refractivity contribution in [1.29, 1.82) is 0 Å². The molecule has 0 aromatic heterocycles. The van der Waals surface area contributed by atoms with Gasteiger partial charge in [0.15, 0.2) is 0 Å². The van der Waals surface area contributed by atoms with Crippen molar-refractivity contribution in [3.05, 3.63) is 73.3 Å². The lowest BCUT2D eigenvalue weighted by Crippen LogP contribution is -2.32. The first-order valence-corrected chi connectivity index (χ1v) is 7.40. The molecule has 0 aliphatic carbocycles. The van der Waals surface area contributed by atoms with Gasteiger partial charge in [-0.25, -0.2) is 4.79 Å². The molecule has 1 N–H and O–H groups in total. The number of nitro benzene ring substituents is 2. The van der Waals surface area contributed by atoms with E-state index in [1.165, 1.54) is 0 Å². The van der Waals surface area contributed by atoms with E-state index >= 15 is 0 Å². The highest BCUT2D eigenvalue weighted by Crippen LogP contribution is 2.38. The fourth-order valence-electron chi connectivity index (χ4n) is 3.03. The standard InChI is InChI=1S/C16H13N3O6/c20-16(21)13-7-12(18(22)23)8-14(19(24)25)15(13)17-6-5-10-3-1-2-4-11(10)9-17/h1-4,7-8H,5-6,9H2,(H,20,21). The minimum Gasteiger partial charge on any atom is -0.478 e. The van der Waals surface area contributed by atoms with Gasteiger partial charge in [0.2, 0.25) is 0 Å². The number of carboxylic acids is 1. The van der Waals surface area contributed by atoms with E-state index in [1.807, 2.05) is 24.3 Å². The number of nitrogens with zero attached hydrogens (tertiary/aromatic N) is 3. The van der Waals surface area contributed by atoms with Gasteiger partial charge in [0.05, 0.1) is 21.5 Å². The molecule has 0 unspecified atom stereocenters. The molecule has 9 nitrogen and oxygen atoms in total. The molecule has 3 rings (SSSR count). The van der Waals surface area contributed by atoms with Gasteiger partial charge in [-0.1, -0.05) is 24.3 Å². The summed E-state index contributed by atoms with van der Waals surface area (Å²) in [4.78, 5) is 34.0. The molecule has 1 aliphatic heterocycles. The van der Waals surface area contributed by atoms with Gasteiger partial charge in [-0.15, -0.1) is 0 Å². The Morgan fingerprint density at radius 3 is 2.36 bits per heavy atom. The number of benzene rings is 2. The molecule has 128 valence electrons. The van der Waals surface area contributed by atoms with Gasteiger partial charge in [0.25, 0.3) is 11.4 Å². The Morgan fingerprint density at radius 1 is 1.08 bits per heavy atom. The molecule has 0 saturated heterocycles. The smallest absolute Gasteiger partial charge is 0.338 e. The summed E-state index contributed by atoms with van der Waals surface area (Å²) in [6.45, 7) is 0.686. The molecule has 0 spiro atoms. The molecule has 25 heavy (non-hydrogen) atoms. The second-order valence-electron chi connectivity index (χ2n) is 5.62. The SMILES string of the molecule is O=C(O)c1cc([N+](=O)[O-])cc([N+](=O)[O-])c1N1CCc2ccccc2C1. The Labute approximate surface area is 141 Å². The molecule has 0 amide bonds. The zero-order chi connectivity index (χ0) is 18.1. The Hall–Kier alpha value is -3.49. The van der Waals surface area contributed by atoms with Gasteiger partial charge in [-0.3, -0.25) is 20.2 Å². The molecular weight excluding hydrogens is 330 g/mol. The van der Waals surface area contributed by atoms with E-state index < -0.39 is 32.8 Å². The first kappa shape index (κ1) is 16.4. The molecule has 0 atom stereocenters. The summed E-state index contributed by atoms with van der Waals surface area (Å²) in [5.41, 5.74) is 0.298. The largest absolute Gasteiger partial charge is 0.478 e. The van der Waals surface area contributed by atoms with E-state index in [2.05, 4.69) is 0 Å². The third kappa shape index (κ3) is 2.99. The Balaban J connectivity index is 2.16. The fraction of sp³-hybridized carbons (Fsp3) is 0.188. The molecule has 0 fully saturated rings. The number of carbonyl (C=O) groups is 1. The highest BCUT2D eigenvalue weighted by atomic mass is 16.6. The summed E-state index contributed by atoms with van der Waals surface area (Å²) in [5, 5.41) is 31.8. The van der Waals surface area contributed by atoms with E-state index in [4.69, 9.17) is 0 Å². The van der Waals surface area contributed by atoms with Gasteiger partial charge >= 0.3 is 5.97 Å². The van der Waals surface area contributed by atoms with E-state index in [9.17, 15) is 30.1 Å². The van der Waals surface area contributed by atoms with Crippen LogP contribution in [0, 0.1) is 20.2 Å². The molecule has 9 heteroatoms. The summed E-state index contributed by atoms with van der Waals surface area (Å²) in [6.07, 6.45) is 0.601. The predicted octanol–water partition coefficient (Wildman–Crippen LogP) is 2.76. The number of nitro groups is 2. The highest BCUT2D eigenvalue weighted by molar-refractivity contribution is 5.98. The van der Waals surface area contributed by atoms with Crippen LogP contribution in [0.1, 0.15) is 21.5 Å². The number of aromatic carboxylic acids is 1. The lowest BCUT2D eigenvalue weighted by atomic mass is 9.98. The summed E-state index contributed by atoms with van der Waals surface area (Å²) in [6, 6.07) is 9.23. The zero-order valence-corrected chi connectivity index (χ0v) is 12.9. The number of fused-ring (bicyclic) bond motifs is 1. The Morgan fingerprint density at radius 2 is 1.76 bits per heavy atom. The maximum atomic E-state index is 11.6. The molecule has 0 bridgehead atoms. The molecular formula is C16H13N3O6. The highest BCUT2D eigenvalue weighted by Gasteiger charge is 2.32. The van der Waals surface area contributed by atoms with Crippen molar-refractivity contribution in [2.24, 2.45) is 0 Å². The molecule has 0 saturated carbocycles. The van der Waals surface area contributed by atoms with Gasteiger partial charge in [-0.05, 0) is 17.5 Å². The van der Waals surface area contributed by atoms with Crippen molar-refractivity contribution in [2.45, 2.75) is 13.0 Å². The van der Waals surface area contributed by atoms with Crippen molar-refractivity contribution in [1.82, 2.24) is 0 Å². The maximum Gasteiger partial charge on any atom is 0.338 e. The van der Waals surface area contributed by atoms with Crippen LogP contribution in [0.25, 0.3) is 0 Å². The average Bonchev–Trinajstić information content (AvgIpc) is 2.59. The maximum absolute atomic E-state index is 11.6. The summed E-state index contributed by atoms with van der Waals surface area (Å²) < 4.78 is 0. The summed E-state index contributed by atoms with van der Waals surface area (Å²) >= 11 is 0. The van der Waals surface area contributed by atoms with Crippen LogP contribution in [0.2, 0.25) is 0 Å². The van der Waals surface area contributed by atoms with E-state index in [1.54, 1.807) is 4.90 Å². The van der Waals surface area contributed by atoms with Crippen molar-refractivity contribution in [3.63, 3.8) is 0 Å². The quantitative estimate of drug-likeness (QED) is 0.668. The third-order valence-electron chi connectivity index (χ3n) is 4.16. The summed E-state index contributed by atoms with van der Waals surface area (Å²) in [7, 11) is 0. The molecule has 1 aliphatic rings. The van der Waals surface area contributed by atoms with Crippen LogP contribution in [0.3, 0.4) is 0 Å². The number of hydrogen-bond acceptors (Lipinski definition) is 6. The van der Waals surface area contributed by atoms with Crippen molar-refractivity contribution in [2.75, 3.05) is 11.4 Å². The zero-order valence-electron chi connectivity index (χ0n) is 12.9. The van der Waals surface area contributed by atoms with Crippen LogP contribution < -0.4 is 4.90 Å². The van der Waals surface area contributed by atoms with E-state index in [-0.39, 0.29) is 5.69 Å². The van der Waals surface area contributed by atoms with Crippen molar-refractivity contribution < 1.29 is 19.7 Å². The van der Waals surface area contributed by atoms with Crippen LogP contribution >= 0.6 is 0 Å². The van der Waals surface area contributed by atoms with Crippen LogP contribution in [0.4, 0.5) is 17.1 Å². The second-order valence-corrected chi connectivity index (χ2v) is 5.62. The third-order valence-corrected chi connectivity index (χ3v) is 4.16. The predicted molar refractivity (Wildman–Crippen MR) is 87.9 cm³/mol. The number of rotatable bonds is 4. The lowest BCUT2D eigenvalue weighted by Gasteiger charge is -2.31. The minimum absolute atomic E-state index is 0.0994. The topological polar surface area (TPSA) is 127 Å². The number of anilines is 1. The minimum atomic E-state index is -1.44. The lowest BCUT2D eigenvalue weighted by molar-refractivity contribution is -0.393.